The Bertz CT molecular complexity index is 888. The lowest BCUT2D eigenvalue weighted by Crippen LogP contribution is -2.33. The SMILES string of the molecule is CC(=O)OC1OC(=O)C=C1C1CC=C(CC/C=C(\C)CCC2=C(C)CCCC2(C)C)C(O)O1. The fourth-order valence-electron chi connectivity index (χ4n) is 5.13. The van der Waals surface area contributed by atoms with Crippen LogP contribution in [0.4, 0.5) is 0 Å². The number of aliphatic hydroxyl groups excluding tert-OH is 1. The molecule has 1 aliphatic carbocycles. The minimum Gasteiger partial charge on any atom is -0.421 e. The van der Waals surface area contributed by atoms with Crippen LogP contribution in [-0.4, -0.2) is 35.7 Å². The monoisotopic (exact) mass is 458 g/mol. The molecule has 182 valence electrons. The van der Waals surface area contributed by atoms with Crippen LogP contribution >= 0.6 is 0 Å². The van der Waals surface area contributed by atoms with Gasteiger partial charge in [0.05, 0.1) is 6.10 Å². The molecule has 6 nitrogen and oxygen atoms in total. The predicted molar refractivity (Wildman–Crippen MR) is 126 cm³/mol. The van der Waals surface area contributed by atoms with Crippen molar-refractivity contribution in [2.24, 2.45) is 5.41 Å². The molecule has 2 heterocycles. The summed E-state index contributed by atoms with van der Waals surface area (Å²) in [5.41, 5.74) is 6.14. The van der Waals surface area contributed by atoms with Crippen molar-refractivity contribution in [3.05, 3.63) is 46.1 Å². The molecule has 0 aromatic heterocycles. The Hall–Kier alpha value is -2.18. The number of carbonyl (C=O) groups excluding carboxylic acids is 2. The van der Waals surface area contributed by atoms with E-state index in [-0.39, 0.29) is 0 Å². The van der Waals surface area contributed by atoms with Gasteiger partial charge in [0.25, 0.3) is 6.29 Å². The lowest BCUT2D eigenvalue weighted by atomic mass is 9.71. The number of allylic oxidation sites excluding steroid dienone is 4. The Labute approximate surface area is 197 Å². The van der Waals surface area contributed by atoms with Gasteiger partial charge in [-0.3, -0.25) is 4.79 Å². The van der Waals surface area contributed by atoms with E-state index in [1.54, 1.807) is 11.1 Å². The fourth-order valence-corrected chi connectivity index (χ4v) is 5.13. The van der Waals surface area contributed by atoms with Crippen molar-refractivity contribution in [2.75, 3.05) is 0 Å². The quantitative estimate of drug-likeness (QED) is 0.386. The number of hydrogen-bond donors (Lipinski definition) is 1. The van der Waals surface area contributed by atoms with Gasteiger partial charge in [-0.15, -0.1) is 0 Å². The normalized spacial score (nSPS) is 27.8. The molecule has 2 aliphatic heterocycles. The molecule has 6 heteroatoms. The van der Waals surface area contributed by atoms with Gasteiger partial charge in [-0.2, -0.15) is 0 Å². The van der Waals surface area contributed by atoms with Crippen molar-refractivity contribution in [2.45, 2.75) is 105 Å². The van der Waals surface area contributed by atoms with Gasteiger partial charge in [0.1, 0.15) is 0 Å². The van der Waals surface area contributed by atoms with E-state index >= 15 is 0 Å². The molecule has 0 bridgehead atoms. The van der Waals surface area contributed by atoms with Crippen molar-refractivity contribution < 1.29 is 28.9 Å². The maximum atomic E-state index is 11.6. The molecule has 0 saturated carbocycles. The lowest BCUT2D eigenvalue weighted by molar-refractivity contribution is -0.176. The Morgan fingerprint density at radius 3 is 2.73 bits per heavy atom. The van der Waals surface area contributed by atoms with E-state index < -0.39 is 30.6 Å². The Morgan fingerprint density at radius 2 is 2.06 bits per heavy atom. The number of aliphatic hydroxyl groups is 1. The summed E-state index contributed by atoms with van der Waals surface area (Å²) < 4.78 is 15.8. The van der Waals surface area contributed by atoms with Crippen molar-refractivity contribution >= 4 is 11.9 Å². The third kappa shape index (κ3) is 6.67. The van der Waals surface area contributed by atoms with Gasteiger partial charge in [0, 0.05) is 18.6 Å². The minimum atomic E-state index is -1.08. The molecule has 33 heavy (non-hydrogen) atoms. The molecule has 3 unspecified atom stereocenters. The number of cyclic esters (lactones) is 1. The van der Waals surface area contributed by atoms with E-state index in [0.29, 0.717) is 23.8 Å². The van der Waals surface area contributed by atoms with Crippen LogP contribution in [-0.2, 0) is 23.8 Å². The summed E-state index contributed by atoms with van der Waals surface area (Å²) in [6.07, 6.45) is 10.8. The first-order valence-electron chi connectivity index (χ1n) is 12.0. The van der Waals surface area contributed by atoms with Crippen molar-refractivity contribution in [1.82, 2.24) is 0 Å². The van der Waals surface area contributed by atoms with Crippen LogP contribution in [0.5, 0.6) is 0 Å². The highest BCUT2D eigenvalue weighted by Crippen LogP contribution is 2.42. The second-order valence-corrected chi connectivity index (χ2v) is 10.1. The highest BCUT2D eigenvalue weighted by molar-refractivity contribution is 5.86. The summed E-state index contributed by atoms with van der Waals surface area (Å²) in [4.78, 5) is 22.9. The molecule has 0 aromatic rings. The maximum Gasteiger partial charge on any atom is 0.334 e. The fraction of sp³-hybridized carbons (Fsp3) is 0.630. The largest absolute Gasteiger partial charge is 0.421 e. The van der Waals surface area contributed by atoms with Crippen molar-refractivity contribution in [3.63, 3.8) is 0 Å². The van der Waals surface area contributed by atoms with E-state index in [2.05, 4.69) is 33.8 Å². The second-order valence-electron chi connectivity index (χ2n) is 10.1. The Kier molecular flexibility index (Phi) is 8.35. The average Bonchev–Trinajstić information content (AvgIpc) is 3.07. The lowest BCUT2D eigenvalue weighted by Gasteiger charge is -2.35. The summed E-state index contributed by atoms with van der Waals surface area (Å²) in [6.45, 7) is 10.5. The number of carbonyl (C=O) groups is 2. The van der Waals surface area contributed by atoms with E-state index in [1.807, 2.05) is 6.08 Å². The molecule has 1 N–H and O–H groups in total. The molecule has 3 rings (SSSR count). The number of esters is 2. The van der Waals surface area contributed by atoms with Crippen LogP contribution in [0.3, 0.4) is 0 Å². The molecule has 3 aliphatic rings. The summed E-state index contributed by atoms with van der Waals surface area (Å²) >= 11 is 0. The molecule has 3 atom stereocenters. The Balaban J connectivity index is 1.51. The molecule has 0 spiro atoms. The van der Waals surface area contributed by atoms with Gasteiger partial charge >= 0.3 is 11.9 Å². The zero-order valence-corrected chi connectivity index (χ0v) is 20.6. The highest BCUT2D eigenvalue weighted by Gasteiger charge is 2.37. The van der Waals surface area contributed by atoms with Crippen LogP contribution in [0.25, 0.3) is 0 Å². The van der Waals surface area contributed by atoms with Gasteiger partial charge in [-0.1, -0.05) is 42.7 Å². The van der Waals surface area contributed by atoms with Gasteiger partial charge in [-0.25, -0.2) is 4.79 Å². The van der Waals surface area contributed by atoms with Gasteiger partial charge in [-0.05, 0) is 76.2 Å². The van der Waals surface area contributed by atoms with Gasteiger partial charge in [0.15, 0.2) is 6.29 Å². The first-order chi connectivity index (χ1) is 15.6. The Morgan fingerprint density at radius 1 is 1.30 bits per heavy atom. The standard InChI is InChI=1S/C27H38O6/c1-17(11-13-22-18(2)9-7-15-27(22,4)5)8-6-10-20-12-14-23(32-25(20)30)21-16-24(29)33-26(21)31-19(3)28/h8,12,16,23,25-26,30H,6-7,9-11,13-15H2,1-5H3/b17-8+. The molecular formula is C27H38O6. The minimum absolute atomic E-state index is 0.312. The van der Waals surface area contributed by atoms with E-state index in [9.17, 15) is 14.7 Å². The molecule has 0 saturated heterocycles. The summed E-state index contributed by atoms with van der Waals surface area (Å²) in [6, 6.07) is 0. The van der Waals surface area contributed by atoms with Crippen LogP contribution in [0.1, 0.15) is 86.0 Å². The van der Waals surface area contributed by atoms with Crippen LogP contribution < -0.4 is 0 Å². The van der Waals surface area contributed by atoms with E-state index in [1.165, 1.54) is 37.8 Å². The average molecular weight is 459 g/mol. The molecule has 0 radical (unpaired) electrons. The number of hydrogen-bond acceptors (Lipinski definition) is 6. The van der Waals surface area contributed by atoms with E-state index in [0.717, 1.165) is 24.8 Å². The molecule has 0 fully saturated rings. The molecule has 0 amide bonds. The highest BCUT2D eigenvalue weighted by atomic mass is 16.7. The second kappa shape index (κ2) is 10.8. The molecular weight excluding hydrogens is 420 g/mol. The third-order valence-corrected chi connectivity index (χ3v) is 7.01. The molecule has 0 aromatic carbocycles. The first kappa shape index (κ1) is 25.4. The zero-order chi connectivity index (χ0) is 24.2. The van der Waals surface area contributed by atoms with Crippen LogP contribution in [0.15, 0.2) is 46.1 Å². The smallest absolute Gasteiger partial charge is 0.334 e. The number of rotatable bonds is 8. The van der Waals surface area contributed by atoms with Gasteiger partial charge in [0.2, 0.25) is 0 Å². The van der Waals surface area contributed by atoms with Crippen molar-refractivity contribution in [1.29, 1.82) is 0 Å². The van der Waals surface area contributed by atoms with Crippen LogP contribution in [0, 0.1) is 5.41 Å². The summed E-state index contributed by atoms with van der Waals surface area (Å²) in [5.74, 6) is -1.12. The summed E-state index contributed by atoms with van der Waals surface area (Å²) in [5, 5.41) is 10.5. The van der Waals surface area contributed by atoms with Gasteiger partial charge < -0.3 is 19.3 Å². The third-order valence-electron chi connectivity index (χ3n) is 7.01. The van der Waals surface area contributed by atoms with Crippen LogP contribution in [0.2, 0.25) is 0 Å². The van der Waals surface area contributed by atoms with Crippen molar-refractivity contribution in [3.8, 4) is 0 Å². The maximum absolute atomic E-state index is 11.6. The zero-order valence-electron chi connectivity index (χ0n) is 20.6. The van der Waals surface area contributed by atoms with E-state index in [4.69, 9.17) is 14.2 Å². The topological polar surface area (TPSA) is 82.1 Å². The first-order valence-corrected chi connectivity index (χ1v) is 12.0. The number of ether oxygens (including phenoxy) is 3. The summed E-state index contributed by atoms with van der Waals surface area (Å²) in [7, 11) is 0. The predicted octanol–water partition coefficient (Wildman–Crippen LogP) is 5.43.